The molecule has 0 saturated carbocycles. The SMILES string of the molecule is CN=CC(C(=N)COC)c1cnc2ccc(Nc3cc(C(C)C)cnn3)nc2c1. The van der Waals surface area contributed by atoms with Crippen LogP contribution < -0.4 is 5.32 Å². The van der Waals surface area contributed by atoms with Crippen LogP contribution in [0.2, 0.25) is 0 Å². The van der Waals surface area contributed by atoms with Crippen molar-refractivity contribution in [1.29, 1.82) is 5.41 Å². The molecule has 3 aromatic heterocycles. The fourth-order valence-electron chi connectivity index (χ4n) is 2.92. The van der Waals surface area contributed by atoms with Gasteiger partial charge in [-0.05, 0) is 41.3 Å². The minimum absolute atomic E-state index is 0.231. The average molecular weight is 391 g/mol. The molecule has 0 aliphatic carbocycles. The number of aromatic nitrogens is 4. The smallest absolute Gasteiger partial charge is 0.154 e. The summed E-state index contributed by atoms with van der Waals surface area (Å²) in [6.07, 6.45) is 5.24. The average Bonchev–Trinajstić information content (AvgIpc) is 2.72. The number of rotatable bonds is 8. The first-order valence-electron chi connectivity index (χ1n) is 9.36. The Morgan fingerprint density at radius 3 is 2.72 bits per heavy atom. The highest BCUT2D eigenvalue weighted by Gasteiger charge is 2.16. The third-order valence-corrected chi connectivity index (χ3v) is 4.49. The number of pyridine rings is 2. The topological polar surface area (TPSA) is 109 Å². The van der Waals surface area contributed by atoms with Gasteiger partial charge in [-0.3, -0.25) is 9.98 Å². The van der Waals surface area contributed by atoms with E-state index in [0.29, 0.717) is 23.3 Å². The summed E-state index contributed by atoms with van der Waals surface area (Å²) >= 11 is 0. The van der Waals surface area contributed by atoms with Crippen LogP contribution in [0.3, 0.4) is 0 Å². The molecule has 0 aliphatic heterocycles. The summed E-state index contributed by atoms with van der Waals surface area (Å²) in [5, 5.41) is 19.6. The van der Waals surface area contributed by atoms with E-state index in [0.717, 1.165) is 22.2 Å². The van der Waals surface area contributed by atoms with Crippen molar-refractivity contribution in [3.63, 3.8) is 0 Å². The molecule has 0 amide bonds. The first kappa shape index (κ1) is 20.5. The third-order valence-electron chi connectivity index (χ3n) is 4.49. The number of hydrogen-bond donors (Lipinski definition) is 2. The van der Waals surface area contributed by atoms with E-state index in [1.807, 2.05) is 24.3 Å². The zero-order valence-corrected chi connectivity index (χ0v) is 17.0. The van der Waals surface area contributed by atoms with Gasteiger partial charge in [0.2, 0.25) is 0 Å². The van der Waals surface area contributed by atoms with E-state index in [4.69, 9.17) is 10.1 Å². The van der Waals surface area contributed by atoms with E-state index >= 15 is 0 Å². The lowest BCUT2D eigenvalue weighted by Crippen LogP contribution is -2.18. The third kappa shape index (κ3) is 4.97. The molecule has 8 heteroatoms. The predicted octanol–water partition coefficient (Wildman–Crippen LogP) is 3.74. The van der Waals surface area contributed by atoms with E-state index < -0.39 is 0 Å². The molecule has 3 heterocycles. The van der Waals surface area contributed by atoms with Crippen LogP contribution in [-0.2, 0) is 4.74 Å². The molecule has 0 radical (unpaired) electrons. The second-order valence-corrected chi connectivity index (χ2v) is 7.00. The summed E-state index contributed by atoms with van der Waals surface area (Å²) in [4.78, 5) is 13.3. The van der Waals surface area contributed by atoms with Crippen LogP contribution in [0.1, 0.15) is 36.8 Å². The van der Waals surface area contributed by atoms with E-state index in [2.05, 4.69) is 44.3 Å². The Kier molecular flexibility index (Phi) is 6.56. The van der Waals surface area contributed by atoms with Crippen LogP contribution in [0.25, 0.3) is 11.0 Å². The van der Waals surface area contributed by atoms with Gasteiger partial charge in [0.05, 0.1) is 29.8 Å². The first-order chi connectivity index (χ1) is 14.0. The highest BCUT2D eigenvalue weighted by atomic mass is 16.5. The van der Waals surface area contributed by atoms with Gasteiger partial charge in [0, 0.05) is 32.3 Å². The zero-order valence-electron chi connectivity index (χ0n) is 17.0. The van der Waals surface area contributed by atoms with Crippen molar-refractivity contribution in [2.75, 3.05) is 26.1 Å². The van der Waals surface area contributed by atoms with Gasteiger partial charge in [0.25, 0.3) is 0 Å². The number of methoxy groups -OCH3 is 1. The molecule has 0 spiro atoms. The summed E-state index contributed by atoms with van der Waals surface area (Å²) in [5.41, 5.74) is 3.85. The summed E-state index contributed by atoms with van der Waals surface area (Å²) in [6.45, 7) is 4.45. The van der Waals surface area contributed by atoms with E-state index in [-0.39, 0.29) is 12.5 Å². The molecule has 1 atom stereocenters. The standard InChI is InChI=1S/C21H25N7O/c1-13(2)14-8-21(28-25-10-14)27-20-6-5-18-19(26-20)7-15(9-24-18)16(11-23-3)17(22)12-29-4/h5-11,13,16,22H,12H2,1-4H3,(H,26,27,28). The van der Waals surface area contributed by atoms with Gasteiger partial charge in [-0.1, -0.05) is 13.8 Å². The lowest BCUT2D eigenvalue weighted by Gasteiger charge is -2.14. The van der Waals surface area contributed by atoms with Gasteiger partial charge < -0.3 is 15.5 Å². The number of fused-ring (bicyclic) bond motifs is 1. The van der Waals surface area contributed by atoms with Crippen molar-refractivity contribution in [3.05, 3.63) is 47.8 Å². The lowest BCUT2D eigenvalue weighted by molar-refractivity contribution is 0.243. The normalized spacial score (nSPS) is 12.6. The Bertz CT molecular complexity index is 1030. The van der Waals surface area contributed by atoms with Gasteiger partial charge in [-0.2, -0.15) is 5.10 Å². The Morgan fingerprint density at radius 2 is 2.00 bits per heavy atom. The summed E-state index contributed by atoms with van der Waals surface area (Å²) in [6, 6.07) is 7.66. The van der Waals surface area contributed by atoms with Crippen LogP contribution in [-0.4, -0.2) is 52.9 Å². The molecule has 8 nitrogen and oxygen atoms in total. The van der Waals surface area contributed by atoms with Gasteiger partial charge >= 0.3 is 0 Å². The van der Waals surface area contributed by atoms with E-state index in [1.165, 1.54) is 0 Å². The van der Waals surface area contributed by atoms with Gasteiger partial charge in [-0.15, -0.1) is 5.10 Å². The maximum Gasteiger partial charge on any atom is 0.154 e. The van der Waals surface area contributed by atoms with Crippen LogP contribution >= 0.6 is 0 Å². The van der Waals surface area contributed by atoms with Gasteiger partial charge in [-0.25, -0.2) is 4.98 Å². The van der Waals surface area contributed by atoms with Crippen molar-refractivity contribution < 1.29 is 4.74 Å². The maximum absolute atomic E-state index is 8.25. The molecule has 0 aliphatic rings. The predicted molar refractivity (Wildman–Crippen MR) is 116 cm³/mol. The molecule has 1 unspecified atom stereocenters. The second kappa shape index (κ2) is 9.29. The van der Waals surface area contributed by atoms with E-state index in [1.54, 1.807) is 32.8 Å². The summed E-state index contributed by atoms with van der Waals surface area (Å²) in [7, 11) is 3.26. The molecule has 3 rings (SSSR count). The molecule has 0 aromatic carbocycles. The highest BCUT2D eigenvalue weighted by molar-refractivity contribution is 6.03. The Hall–Kier alpha value is -3.26. The van der Waals surface area contributed by atoms with Crippen molar-refractivity contribution in [3.8, 4) is 0 Å². The Balaban J connectivity index is 1.92. The fourth-order valence-corrected chi connectivity index (χ4v) is 2.92. The monoisotopic (exact) mass is 391 g/mol. The molecular weight excluding hydrogens is 366 g/mol. The quantitative estimate of drug-likeness (QED) is 0.566. The van der Waals surface area contributed by atoms with Crippen LogP contribution in [0, 0.1) is 5.41 Å². The molecule has 29 heavy (non-hydrogen) atoms. The lowest BCUT2D eigenvalue weighted by atomic mass is 9.96. The van der Waals surface area contributed by atoms with Crippen molar-refractivity contribution >= 4 is 34.6 Å². The molecular formula is C21H25N7O. The highest BCUT2D eigenvalue weighted by Crippen LogP contribution is 2.22. The van der Waals surface area contributed by atoms with Crippen LogP contribution in [0.15, 0.2) is 41.7 Å². The largest absolute Gasteiger partial charge is 0.379 e. The molecule has 0 bridgehead atoms. The number of aliphatic imine (C=N–C) groups is 1. The van der Waals surface area contributed by atoms with Gasteiger partial charge in [0.15, 0.2) is 5.82 Å². The van der Waals surface area contributed by atoms with Crippen LogP contribution in [0.5, 0.6) is 0 Å². The molecule has 2 N–H and O–H groups in total. The second-order valence-electron chi connectivity index (χ2n) is 7.00. The minimum Gasteiger partial charge on any atom is -0.379 e. The number of anilines is 2. The summed E-state index contributed by atoms with van der Waals surface area (Å²) in [5.74, 6) is 1.36. The van der Waals surface area contributed by atoms with Crippen molar-refractivity contribution in [2.24, 2.45) is 4.99 Å². The van der Waals surface area contributed by atoms with Crippen molar-refractivity contribution in [2.45, 2.75) is 25.7 Å². The van der Waals surface area contributed by atoms with E-state index in [9.17, 15) is 0 Å². The number of nitrogens with one attached hydrogen (secondary N) is 2. The Labute approximate surface area is 170 Å². The van der Waals surface area contributed by atoms with Crippen molar-refractivity contribution in [1.82, 2.24) is 20.2 Å². The number of ether oxygens (including phenoxy) is 1. The molecule has 0 saturated heterocycles. The summed E-state index contributed by atoms with van der Waals surface area (Å²) < 4.78 is 5.11. The molecule has 150 valence electrons. The maximum atomic E-state index is 8.25. The number of hydrogen-bond acceptors (Lipinski definition) is 8. The molecule has 3 aromatic rings. The Morgan fingerprint density at radius 1 is 1.17 bits per heavy atom. The van der Waals surface area contributed by atoms with Gasteiger partial charge in [0.1, 0.15) is 5.82 Å². The zero-order chi connectivity index (χ0) is 20.8. The fraction of sp³-hybridized carbons (Fsp3) is 0.333. The minimum atomic E-state index is -0.302. The van der Waals surface area contributed by atoms with Crippen LogP contribution in [0.4, 0.5) is 11.6 Å². The first-order valence-corrected chi connectivity index (χ1v) is 9.36. The number of nitrogens with zero attached hydrogens (tertiary/aromatic N) is 5. The molecule has 0 fully saturated rings.